The molecule has 0 spiro atoms. The topological polar surface area (TPSA) is 18.5 Å². The molecule has 0 aromatic heterocycles. The van der Waals surface area contributed by atoms with Crippen LogP contribution in [0.15, 0.2) is 48.5 Å². The standard InChI is InChI=1S/C16H17Cl2O2PS2/c17-9-13-1-5-15(6-2-13)11-19-21(22,23)20-12-16-7-3-14(10-18)4-8-16/h1-8H,9-12H2,(H,22,23). The number of halogens is 2. The summed E-state index contributed by atoms with van der Waals surface area (Å²) in [4.78, 5) is 0. The Kier molecular flexibility index (Phi) is 7.90. The lowest BCUT2D eigenvalue weighted by Gasteiger charge is -2.17. The Balaban J connectivity index is 1.84. The van der Waals surface area contributed by atoms with Crippen LogP contribution in [0.3, 0.4) is 0 Å². The van der Waals surface area contributed by atoms with Crippen molar-refractivity contribution in [3.63, 3.8) is 0 Å². The van der Waals surface area contributed by atoms with Gasteiger partial charge in [0.1, 0.15) is 0 Å². The van der Waals surface area contributed by atoms with Gasteiger partial charge in [-0.2, -0.15) is 0 Å². The highest BCUT2D eigenvalue weighted by molar-refractivity contribution is 8.60. The molecule has 0 fully saturated rings. The summed E-state index contributed by atoms with van der Waals surface area (Å²) in [6.45, 7) is 0.739. The fourth-order valence-electron chi connectivity index (χ4n) is 1.80. The van der Waals surface area contributed by atoms with Gasteiger partial charge in [-0.25, -0.2) is 0 Å². The maximum Gasteiger partial charge on any atom is 0.244 e. The highest BCUT2D eigenvalue weighted by Gasteiger charge is 2.13. The summed E-state index contributed by atoms with van der Waals surface area (Å²) in [5.74, 6) is 0.995. The Morgan fingerprint density at radius 1 is 0.739 bits per heavy atom. The van der Waals surface area contributed by atoms with Crippen molar-refractivity contribution >= 4 is 53.0 Å². The molecule has 0 atom stereocenters. The SMILES string of the molecule is S=P(S)(OCc1ccc(CCl)cc1)OCc1ccc(CCl)cc1. The first-order valence-corrected chi connectivity index (χ1v) is 11.8. The summed E-state index contributed by atoms with van der Waals surface area (Å²) in [7, 11) is 0. The predicted octanol–water partition coefficient (Wildman–Crippen LogP) is 6.05. The molecule has 0 heterocycles. The molecule has 7 heteroatoms. The minimum atomic E-state index is -2.59. The van der Waals surface area contributed by atoms with Crippen LogP contribution in [0.5, 0.6) is 0 Å². The molecule has 2 aromatic rings. The molecule has 2 nitrogen and oxygen atoms in total. The van der Waals surface area contributed by atoms with Gasteiger partial charge in [0.2, 0.25) is 5.69 Å². The van der Waals surface area contributed by atoms with E-state index in [2.05, 4.69) is 12.2 Å². The van der Waals surface area contributed by atoms with E-state index in [1.165, 1.54) is 0 Å². The second-order valence-corrected chi connectivity index (χ2v) is 10.7. The number of rotatable bonds is 8. The van der Waals surface area contributed by atoms with Crippen molar-refractivity contribution in [2.45, 2.75) is 25.0 Å². The molecule has 0 aliphatic carbocycles. The summed E-state index contributed by atoms with van der Waals surface area (Å²) in [6.07, 6.45) is 0. The summed E-state index contributed by atoms with van der Waals surface area (Å²) in [5, 5.41) is 0. The second kappa shape index (κ2) is 9.43. The van der Waals surface area contributed by atoms with Gasteiger partial charge in [0.15, 0.2) is 0 Å². The van der Waals surface area contributed by atoms with Crippen LogP contribution in [-0.4, -0.2) is 0 Å². The van der Waals surface area contributed by atoms with E-state index in [1.807, 2.05) is 48.5 Å². The molecular formula is C16H17Cl2O2PS2. The van der Waals surface area contributed by atoms with E-state index in [0.717, 1.165) is 22.3 Å². The molecule has 2 rings (SSSR count). The third kappa shape index (κ3) is 6.75. The molecule has 0 unspecified atom stereocenters. The van der Waals surface area contributed by atoms with Crippen molar-refractivity contribution in [1.82, 2.24) is 0 Å². The van der Waals surface area contributed by atoms with E-state index >= 15 is 0 Å². The average molecular weight is 407 g/mol. The van der Waals surface area contributed by atoms with Crippen LogP contribution >= 0.6 is 41.1 Å². The molecule has 0 N–H and O–H groups in total. The first kappa shape index (κ1) is 19.3. The number of thiol groups is 1. The molecule has 2 aromatic carbocycles. The van der Waals surface area contributed by atoms with Crippen molar-refractivity contribution < 1.29 is 9.05 Å². The Morgan fingerprint density at radius 3 is 1.35 bits per heavy atom. The molecule has 0 bridgehead atoms. The van der Waals surface area contributed by atoms with Gasteiger partial charge < -0.3 is 9.05 Å². The molecule has 0 amide bonds. The van der Waals surface area contributed by atoms with Crippen LogP contribution in [-0.2, 0) is 45.8 Å². The van der Waals surface area contributed by atoms with E-state index in [4.69, 9.17) is 44.1 Å². The predicted molar refractivity (Wildman–Crippen MR) is 105 cm³/mol. The zero-order valence-corrected chi connectivity index (χ0v) is 16.4. The minimum absolute atomic E-state index is 0.370. The van der Waals surface area contributed by atoms with Gasteiger partial charge in [0, 0.05) is 11.8 Å². The van der Waals surface area contributed by atoms with Crippen molar-refractivity contribution in [3.05, 3.63) is 70.8 Å². The first-order valence-electron chi connectivity index (χ1n) is 6.92. The van der Waals surface area contributed by atoms with Gasteiger partial charge in [-0.15, -0.1) is 23.2 Å². The fraction of sp³-hybridized carbons (Fsp3) is 0.250. The highest BCUT2D eigenvalue weighted by atomic mass is 35.5. The van der Waals surface area contributed by atoms with Gasteiger partial charge in [0.05, 0.1) is 13.2 Å². The van der Waals surface area contributed by atoms with E-state index < -0.39 is 5.69 Å². The van der Waals surface area contributed by atoms with Crippen molar-refractivity contribution in [3.8, 4) is 0 Å². The lowest BCUT2D eigenvalue weighted by molar-refractivity contribution is 0.246. The molecular weight excluding hydrogens is 390 g/mol. The Hall–Kier alpha value is -0.0600. The summed E-state index contributed by atoms with van der Waals surface area (Å²) in [6, 6.07) is 15.7. The lowest BCUT2D eigenvalue weighted by Crippen LogP contribution is -1.94. The maximum absolute atomic E-state index is 5.77. The van der Waals surface area contributed by atoms with Crippen LogP contribution in [0.4, 0.5) is 0 Å². The van der Waals surface area contributed by atoms with Gasteiger partial charge >= 0.3 is 0 Å². The van der Waals surface area contributed by atoms with Crippen LogP contribution in [0.1, 0.15) is 22.3 Å². The quantitative estimate of drug-likeness (QED) is 0.326. The zero-order chi connectivity index (χ0) is 16.7. The monoisotopic (exact) mass is 406 g/mol. The number of hydrogen-bond acceptors (Lipinski definition) is 3. The smallest absolute Gasteiger partial charge is 0.244 e. The third-order valence-corrected chi connectivity index (χ3v) is 6.00. The van der Waals surface area contributed by atoms with Gasteiger partial charge in [0.25, 0.3) is 0 Å². The van der Waals surface area contributed by atoms with Crippen molar-refractivity contribution in [2.75, 3.05) is 0 Å². The second-order valence-electron chi connectivity index (χ2n) is 4.92. The molecule has 23 heavy (non-hydrogen) atoms. The number of benzene rings is 2. The van der Waals surface area contributed by atoms with Crippen LogP contribution in [0.25, 0.3) is 0 Å². The first-order chi connectivity index (χ1) is 11.0. The Bertz CT molecular complexity index is 607. The van der Waals surface area contributed by atoms with E-state index in [9.17, 15) is 0 Å². The molecule has 0 radical (unpaired) electrons. The van der Waals surface area contributed by atoms with Gasteiger partial charge in [-0.05, 0) is 34.1 Å². The number of hydrogen-bond donors (Lipinski definition) is 1. The zero-order valence-electron chi connectivity index (χ0n) is 12.3. The fourth-order valence-corrected chi connectivity index (χ4v) is 3.52. The van der Waals surface area contributed by atoms with Crippen molar-refractivity contribution in [1.29, 1.82) is 0 Å². The summed E-state index contributed by atoms with van der Waals surface area (Å²) in [5.41, 5.74) is 1.57. The van der Waals surface area contributed by atoms with Crippen LogP contribution < -0.4 is 0 Å². The largest absolute Gasteiger partial charge is 0.317 e. The van der Waals surface area contributed by atoms with E-state index in [-0.39, 0.29) is 0 Å². The minimum Gasteiger partial charge on any atom is -0.317 e. The normalized spacial score (nSPS) is 11.6. The van der Waals surface area contributed by atoms with Gasteiger partial charge in [-0.1, -0.05) is 60.8 Å². The van der Waals surface area contributed by atoms with Crippen LogP contribution in [0, 0.1) is 0 Å². The average Bonchev–Trinajstić information content (AvgIpc) is 2.59. The highest BCUT2D eigenvalue weighted by Crippen LogP contribution is 2.54. The maximum atomic E-state index is 5.77. The third-order valence-electron chi connectivity index (χ3n) is 3.14. The van der Waals surface area contributed by atoms with Gasteiger partial charge in [-0.3, -0.25) is 0 Å². The number of alkyl halides is 2. The van der Waals surface area contributed by atoms with E-state index in [1.54, 1.807) is 0 Å². The van der Waals surface area contributed by atoms with Crippen LogP contribution in [0.2, 0.25) is 0 Å². The summed E-state index contributed by atoms with van der Waals surface area (Å²) >= 11 is 21.2. The Labute approximate surface area is 157 Å². The summed E-state index contributed by atoms with van der Waals surface area (Å²) < 4.78 is 11.3. The van der Waals surface area contributed by atoms with Crippen molar-refractivity contribution in [2.24, 2.45) is 0 Å². The van der Waals surface area contributed by atoms with E-state index in [0.29, 0.717) is 25.0 Å². The molecule has 124 valence electrons. The molecule has 0 aliphatic heterocycles. The lowest BCUT2D eigenvalue weighted by atomic mass is 10.2. The molecule has 0 saturated carbocycles. The molecule has 0 aliphatic rings. The Morgan fingerprint density at radius 2 is 1.04 bits per heavy atom. The molecule has 0 saturated heterocycles.